The molecule has 0 N–H and O–H groups in total. The van der Waals surface area contributed by atoms with Gasteiger partial charge in [0.1, 0.15) is 34.5 Å². The zero-order valence-electron chi connectivity index (χ0n) is 20.9. The Morgan fingerprint density at radius 2 is 0.860 bits per heavy atom. The first-order valence-electron chi connectivity index (χ1n) is 11.9. The number of hydrogen-bond acceptors (Lipinski definition) is 8. The minimum atomic E-state index is -6.08. The fraction of sp³-hybridized carbons (Fsp3) is 0.111. The third-order valence-corrected chi connectivity index (χ3v) is 8.67. The van der Waals surface area contributed by atoms with Crippen LogP contribution in [0.2, 0.25) is 0 Å². The SMILES string of the molecule is O=S(=O)(Oc1ccc2c(c1)Oc1cc(OS(=O)(=O)C(F)(F)F)ccc1C21c2ccccc2Oc2ccccc21)C(F)(F)F. The fourth-order valence-corrected chi connectivity index (χ4v) is 5.99. The lowest BCUT2D eigenvalue weighted by atomic mass is 9.62. The summed E-state index contributed by atoms with van der Waals surface area (Å²) >= 11 is 0. The van der Waals surface area contributed by atoms with Gasteiger partial charge >= 0.3 is 31.3 Å². The quantitative estimate of drug-likeness (QED) is 0.118. The molecule has 1 spiro atoms. The van der Waals surface area contributed by atoms with Gasteiger partial charge in [-0.05, 0) is 36.4 Å². The number of halogens is 6. The van der Waals surface area contributed by atoms with E-state index in [2.05, 4.69) is 8.37 Å². The molecule has 224 valence electrons. The van der Waals surface area contributed by atoms with Crippen LogP contribution in [0.15, 0.2) is 84.9 Å². The van der Waals surface area contributed by atoms with E-state index in [0.717, 1.165) is 24.3 Å². The Hall–Kier alpha value is -4.44. The van der Waals surface area contributed by atoms with Crippen LogP contribution in [0.1, 0.15) is 22.3 Å². The van der Waals surface area contributed by atoms with Gasteiger partial charge in [-0.2, -0.15) is 43.2 Å². The van der Waals surface area contributed by atoms with E-state index in [1.807, 2.05) is 0 Å². The summed E-state index contributed by atoms with van der Waals surface area (Å²) in [5.74, 6) is -1.36. The van der Waals surface area contributed by atoms with Gasteiger partial charge in [-0.1, -0.05) is 36.4 Å². The van der Waals surface area contributed by atoms with Crippen LogP contribution in [0.4, 0.5) is 26.3 Å². The van der Waals surface area contributed by atoms with Gasteiger partial charge in [0.25, 0.3) is 0 Å². The highest BCUT2D eigenvalue weighted by Crippen LogP contribution is 2.62. The molecule has 0 atom stereocenters. The van der Waals surface area contributed by atoms with E-state index in [-0.39, 0.29) is 22.6 Å². The van der Waals surface area contributed by atoms with Crippen molar-refractivity contribution < 1.29 is 61.0 Å². The van der Waals surface area contributed by atoms with Crippen LogP contribution in [0.3, 0.4) is 0 Å². The monoisotopic (exact) mass is 644 g/mol. The third kappa shape index (κ3) is 4.43. The highest BCUT2D eigenvalue weighted by molar-refractivity contribution is 7.88. The minimum absolute atomic E-state index is 0.246. The van der Waals surface area contributed by atoms with E-state index in [1.165, 1.54) is 12.1 Å². The van der Waals surface area contributed by atoms with Crippen LogP contribution < -0.4 is 17.8 Å². The molecular weight excluding hydrogens is 630 g/mol. The second-order valence-electron chi connectivity index (χ2n) is 9.23. The van der Waals surface area contributed by atoms with Crippen molar-refractivity contribution in [3.8, 4) is 34.5 Å². The largest absolute Gasteiger partial charge is 0.534 e. The van der Waals surface area contributed by atoms with Crippen LogP contribution in [0.5, 0.6) is 34.5 Å². The van der Waals surface area contributed by atoms with Crippen molar-refractivity contribution in [3.63, 3.8) is 0 Å². The number of fused-ring (bicyclic) bond motifs is 8. The minimum Gasteiger partial charge on any atom is -0.457 e. The highest BCUT2D eigenvalue weighted by atomic mass is 32.2. The highest BCUT2D eigenvalue weighted by Gasteiger charge is 2.52. The van der Waals surface area contributed by atoms with Crippen LogP contribution >= 0.6 is 0 Å². The maximum Gasteiger partial charge on any atom is 0.534 e. The van der Waals surface area contributed by atoms with Crippen molar-refractivity contribution in [3.05, 3.63) is 107 Å². The summed E-state index contributed by atoms with van der Waals surface area (Å²) in [5.41, 5.74) is -11.4. The van der Waals surface area contributed by atoms with Gasteiger partial charge in [0, 0.05) is 34.4 Å². The molecule has 4 aromatic carbocycles. The summed E-state index contributed by atoms with van der Waals surface area (Å²) < 4.78 is 146. The van der Waals surface area contributed by atoms with Gasteiger partial charge in [-0.3, -0.25) is 0 Å². The summed E-state index contributed by atoms with van der Waals surface area (Å²) in [6, 6.07) is 19.6. The van der Waals surface area contributed by atoms with Crippen molar-refractivity contribution in [2.75, 3.05) is 0 Å². The molecule has 2 aliphatic heterocycles. The number of rotatable bonds is 4. The van der Waals surface area contributed by atoms with Gasteiger partial charge in [0.05, 0.1) is 5.41 Å². The van der Waals surface area contributed by atoms with E-state index in [4.69, 9.17) is 9.47 Å². The molecule has 0 aliphatic carbocycles. The van der Waals surface area contributed by atoms with E-state index >= 15 is 0 Å². The standard InChI is InChI=1S/C27H14F6O8S2/c28-26(29,30)42(34,35)40-15-9-11-19-23(13-15)39-24-14-16(41-43(36,37)27(31,32)33)10-12-20(24)25(19)17-5-1-3-7-21(17)38-22-8-4-2-6-18(22)25/h1-14H. The molecule has 0 radical (unpaired) electrons. The zero-order chi connectivity index (χ0) is 31.0. The predicted octanol–water partition coefficient (Wildman–Crippen LogP) is 6.74. The number of hydrogen-bond donors (Lipinski definition) is 0. The molecule has 4 aromatic rings. The predicted molar refractivity (Wildman–Crippen MR) is 136 cm³/mol. The topological polar surface area (TPSA) is 105 Å². The average Bonchev–Trinajstić information content (AvgIpc) is 2.91. The van der Waals surface area contributed by atoms with Crippen molar-refractivity contribution in [2.45, 2.75) is 16.4 Å². The Balaban J connectivity index is 1.62. The third-order valence-electron chi connectivity index (χ3n) is 6.71. The summed E-state index contributed by atoms with van der Waals surface area (Å²) in [7, 11) is -12.2. The molecule has 2 heterocycles. The summed E-state index contributed by atoms with van der Waals surface area (Å²) in [6.07, 6.45) is 0. The number of benzene rings is 4. The molecule has 16 heteroatoms. The van der Waals surface area contributed by atoms with Gasteiger partial charge < -0.3 is 17.8 Å². The Morgan fingerprint density at radius 1 is 0.512 bits per heavy atom. The van der Waals surface area contributed by atoms with Crippen molar-refractivity contribution in [2.24, 2.45) is 0 Å². The Kier molecular flexibility index (Phi) is 6.19. The molecule has 8 nitrogen and oxygen atoms in total. The van der Waals surface area contributed by atoms with Gasteiger partial charge in [-0.25, -0.2) is 0 Å². The molecule has 0 saturated carbocycles. The van der Waals surface area contributed by atoms with Gasteiger partial charge in [0.2, 0.25) is 0 Å². The number of para-hydroxylation sites is 2. The first-order valence-corrected chi connectivity index (χ1v) is 14.7. The molecular formula is C27H14F6O8S2. The zero-order valence-corrected chi connectivity index (χ0v) is 22.6. The second kappa shape index (κ2) is 9.28. The summed E-state index contributed by atoms with van der Waals surface area (Å²) in [6.45, 7) is 0. The van der Waals surface area contributed by atoms with Crippen LogP contribution in [0, 0.1) is 0 Å². The van der Waals surface area contributed by atoms with E-state index in [1.54, 1.807) is 48.5 Å². The van der Waals surface area contributed by atoms with Gasteiger partial charge in [0.15, 0.2) is 0 Å². The average molecular weight is 645 g/mol. The van der Waals surface area contributed by atoms with Crippen LogP contribution in [-0.2, 0) is 25.7 Å². The van der Waals surface area contributed by atoms with E-state index in [0.29, 0.717) is 22.6 Å². The lowest BCUT2D eigenvalue weighted by Gasteiger charge is -2.44. The smallest absolute Gasteiger partial charge is 0.457 e. The maximum absolute atomic E-state index is 13.0. The molecule has 6 rings (SSSR count). The Morgan fingerprint density at radius 3 is 1.26 bits per heavy atom. The van der Waals surface area contributed by atoms with Crippen molar-refractivity contribution in [1.82, 2.24) is 0 Å². The summed E-state index contributed by atoms with van der Waals surface area (Å²) in [5, 5.41) is 0. The molecule has 0 amide bonds. The van der Waals surface area contributed by atoms with Crippen molar-refractivity contribution >= 4 is 20.2 Å². The maximum atomic E-state index is 13.0. The van der Waals surface area contributed by atoms with Crippen LogP contribution in [0.25, 0.3) is 0 Å². The van der Waals surface area contributed by atoms with E-state index in [9.17, 15) is 43.2 Å². The van der Waals surface area contributed by atoms with Gasteiger partial charge in [-0.15, -0.1) is 0 Å². The fourth-order valence-electron chi connectivity index (χ4n) is 5.08. The van der Waals surface area contributed by atoms with Crippen LogP contribution in [-0.4, -0.2) is 27.9 Å². The molecule has 0 bridgehead atoms. The second-order valence-corrected chi connectivity index (χ2v) is 12.3. The van der Waals surface area contributed by atoms with Crippen molar-refractivity contribution in [1.29, 1.82) is 0 Å². The lowest BCUT2D eigenvalue weighted by Crippen LogP contribution is -2.37. The normalized spacial score (nSPS) is 15.2. The first kappa shape index (κ1) is 28.7. The first-order chi connectivity index (χ1) is 20.0. The molecule has 0 saturated heterocycles. The molecule has 0 fully saturated rings. The van der Waals surface area contributed by atoms with E-state index < -0.39 is 48.2 Å². The molecule has 2 aliphatic rings. The Labute approximate surface area is 239 Å². The molecule has 43 heavy (non-hydrogen) atoms. The number of alkyl halides is 6. The number of ether oxygens (including phenoxy) is 2. The lowest BCUT2D eigenvalue weighted by molar-refractivity contribution is -0.0504. The molecule has 0 unspecified atom stereocenters. The summed E-state index contributed by atoms with van der Waals surface area (Å²) in [4.78, 5) is 0. The Bertz CT molecular complexity index is 1860. The molecule has 0 aromatic heterocycles.